The second-order valence-electron chi connectivity index (χ2n) is 3.65. The van der Waals surface area contributed by atoms with E-state index in [1.807, 2.05) is 0 Å². The fourth-order valence-electron chi connectivity index (χ4n) is 1.16. The molecule has 0 atom stereocenters. The van der Waals surface area contributed by atoms with E-state index in [4.69, 9.17) is 16.3 Å². The lowest BCUT2D eigenvalue weighted by molar-refractivity contribution is 0.130. The molecular weight excluding hydrogens is 296 g/mol. The molecule has 0 radical (unpaired) electrons. The van der Waals surface area contributed by atoms with Crippen molar-refractivity contribution in [3.05, 3.63) is 10.7 Å². The zero-order valence-corrected chi connectivity index (χ0v) is 12.6. The monoisotopic (exact) mass is 312 g/mol. The molecule has 1 aromatic rings. The van der Waals surface area contributed by atoms with Crippen LogP contribution in [0.3, 0.4) is 0 Å². The molecule has 1 heterocycles. The third kappa shape index (κ3) is 5.62. The normalized spacial score (nSPS) is 11.9. The summed E-state index contributed by atoms with van der Waals surface area (Å²) in [5, 5.41) is 0. The molecule has 1 rings (SSSR count). The number of rotatable bonds is 9. The number of halogens is 1. The predicted octanol–water partition coefficient (Wildman–Crippen LogP) is 2.28. The summed E-state index contributed by atoms with van der Waals surface area (Å²) in [5.41, 5.74) is 0. The maximum atomic E-state index is 11.7. The van der Waals surface area contributed by atoms with Crippen LogP contribution in [0.4, 0.5) is 0 Å². The number of hydrogen-bond donors (Lipinski definition) is 1. The molecule has 0 bridgehead atoms. The number of thiazole rings is 1. The first-order chi connectivity index (χ1) is 8.56. The van der Waals surface area contributed by atoms with Crippen molar-refractivity contribution in [3.63, 3.8) is 0 Å². The minimum atomic E-state index is -3.47. The van der Waals surface area contributed by atoms with Crippen LogP contribution in [0, 0.1) is 0 Å². The van der Waals surface area contributed by atoms with Gasteiger partial charge >= 0.3 is 0 Å². The topological polar surface area (TPSA) is 68.3 Å². The summed E-state index contributed by atoms with van der Waals surface area (Å²) in [5.74, 6) is 0. The lowest BCUT2D eigenvalue weighted by atomic mass is 10.4. The van der Waals surface area contributed by atoms with Crippen LogP contribution in [0.15, 0.2) is 10.4 Å². The first-order valence-corrected chi connectivity index (χ1v) is 8.42. The Kier molecular flexibility index (Phi) is 7.10. The van der Waals surface area contributed by atoms with Gasteiger partial charge in [0.05, 0.1) is 6.20 Å². The van der Waals surface area contributed by atoms with Crippen molar-refractivity contribution in [1.29, 1.82) is 0 Å². The number of unbranched alkanes of at least 4 members (excludes halogenated alkanes) is 1. The van der Waals surface area contributed by atoms with Gasteiger partial charge in [0.15, 0.2) is 8.68 Å². The van der Waals surface area contributed by atoms with Crippen LogP contribution in [0.25, 0.3) is 0 Å². The third-order valence-corrected chi connectivity index (χ3v) is 5.16. The van der Waals surface area contributed by atoms with Gasteiger partial charge in [-0.1, -0.05) is 36.3 Å². The van der Waals surface area contributed by atoms with Crippen LogP contribution < -0.4 is 4.72 Å². The molecule has 0 spiro atoms. The van der Waals surface area contributed by atoms with Crippen LogP contribution >= 0.6 is 22.9 Å². The highest BCUT2D eigenvalue weighted by molar-refractivity contribution is 7.91. The van der Waals surface area contributed by atoms with Crippen molar-refractivity contribution in [2.24, 2.45) is 0 Å². The Morgan fingerprint density at radius 2 is 2.17 bits per heavy atom. The summed E-state index contributed by atoms with van der Waals surface area (Å²) in [6, 6.07) is 0. The quantitative estimate of drug-likeness (QED) is 0.710. The number of sulfonamides is 1. The third-order valence-electron chi connectivity index (χ3n) is 2.12. The fourth-order valence-corrected chi connectivity index (χ4v) is 3.58. The first-order valence-electron chi connectivity index (χ1n) is 5.75. The standard InChI is InChI=1S/C10H17ClN2O3S2/c1-2-3-6-16-7-4-5-13-18(14,15)9-8-12-10(11)17-9/h8,13H,2-7H2,1H3. The molecule has 1 aromatic heterocycles. The molecule has 0 unspecified atom stereocenters. The zero-order valence-electron chi connectivity index (χ0n) is 10.2. The van der Waals surface area contributed by atoms with Gasteiger partial charge in [0, 0.05) is 19.8 Å². The van der Waals surface area contributed by atoms with Crippen molar-refractivity contribution in [3.8, 4) is 0 Å². The van der Waals surface area contributed by atoms with E-state index in [9.17, 15) is 8.42 Å². The van der Waals surface area contributed by atoms with Crippen LogP contribution in [-0.2, 0) is 14.8 Å². The Hall–Kier alpha value is -0.210. The molecular formula is C10H17ClN2O3S2. The molecule has 0 saturated carbocycles. The van der Waals surface area contributed by atoms with Crippen molar-refractivity contribution < 1.29 is 13.2 Å². The van der Waals surface area contributed by atoms with E-state index >= 15 is 0 Å². The van der Waals surface area contributed by atoms with Crippen LogP contribution in [0.1, 0.15) is 26.2 Å². The predicted molar refractivity (Wildman–Crippen MR) is 72.7 cm³/mol. The van der Waals surface area contributed by atoms with E-state index in [0.29, 0.717) is 19.6 Å². The Bertz CT molecular complexity index is 448. The molecule has 1 N–H and O–H groups in total. The Morgan fingerprint density at radius 3 is 2.78 bits per heavy atom. The van der Waals surface area contributed by atoms with E-state index in [1.165, 1.54) is 6.20 Å². The van der Waals surface area contributed by atoms with E-state index in [2.05, 4.69) is 16.6 Å². The summed E-state index contributed by atoms with van der Waals surface area (Å²) in [6.45, 7) is 3.74. The van der Waals surface area contributed by atoms with Gasteiger partial charge in [0.2, 0.25) is 0 Å². The average molecular weight is 313 g/mol. The van der Waals surface area contributed by atoms with Gasteiger partial charge in [0.1, 0.15) is 0 Å². The number of ether oxygens (including phenoxy) is 1. The molecule has 0 saturated heterocycles. The summed E-state index contributed by atoms with van der Waals surface area (Å²) < 4.78 is 31.7. The lowest BCUT2D eigenvalue weighted by Crippen LogP contribution is -2.24. The minimum absolute atomic E-state index is 0.138. The Balaban J connectivity index is 2.22. The summed E-state index contributed by atoms with van der Waals surface area (Å²) in [7, 11) is -3.47. The molecule has 0 aliphatic heterocycles. The molecule has 0 aliphatic carbocycles. The molecule has 5 nitrogen and oxygen atoms in total. The largest absolute Gasteiger partial charge is 0.381 e. The highest BCUT2D eigenvalue weighted by Crippen LogP contribution is 2.21. The summed E-state index contributed by atoms with van der Waals surface area (Å²) in [6.07, 6.45) is 4.03. The first kappa shape index (κ1) is 15.8. The number of nitrogens with zero attached hydrogens (tertiary/aromatic N) is 1. The molecule has 8 heteroatoms. The number of nitrogens with one attached hydrogen (secondary N) is 1. The summed E-state index contributed by atoms with van der Waals surface area (Å²) >= 11 is 6.54. The molecule has 104 valence electrons. The van der Waals surface area contributed by atoms with Gasteiger partial charge in [-0.05, 0) is 12.8 Å². The zero-order chi connectivity index (χ0) is 13.4. The second-order valence-corrected chi connectivity index (χ2v) is 7.26. The van der Waals surface area contributed by atoms with Crippen molar-refractivity contribution >= 4 is 33.0 Å². The van der Waals surface area contributed by atoms with E-state index < -0.39 is 10.0 Å². The van der Waals surface area contributed by atoms with Gasteiger partial charge in [-0.15, -0.1) is 0 Å². The van der Waals surface area contributed by atoms with E-state index in [0.717, 1.165) is 30.8 Å². The molecule has 0 aromatic carbocycles. The van der Waals surface area contributed by atoms with Crippen molar-refractivity contribution in [2.45, 2.75) is 30.4 Å². The molecule has 0 amide bonds. The Labute approximate surface area is 117 Å². The van der Waals surface area contributed by atoms with Crippen LogP contribution in [0.5, 0.6) is 0 Å². The smallest absolute Gasteiger partial charge is 0.251 e. The SMILES string of the molecule is CCCCOCCCNS(=O)(=O)c1cnc(Cl)s1. The summed E-state index contributed by atoms with van der Waals surface area (Å²) in [4.78, 5) is 3.70. The molecule has 18 heavy (non-hydrogen) atoms. The van der Waals surface area contributed by atoms with Crippen molar-refractivity contribution in [2.75, 3.05) is 19.8 Å². The average Bonchev–Trinajstić information content (AvgIpc) is 2.75. The maximum Gasteiger partial charge on any atom is 0.251 e. The van der Waals surface area contributed by atoms with Crippen LogP contribution in [-0.4, -0.2) is 33.2 Å². The van der Waals surface area contributed by atoms with E-state index in [1.54, 1.807) is 0 Å². The molecule has 0 aliphatic rings. The lowest BCUT2D eigenvalue weighted by Gasteiger charge is -2.05. The van der Waals surface area contributed by atoms with Crippen molar-refractivity contribution in [1.82, 2.24) is 9.71 Å². The highest BCUT2D eigenvalue weighted by atomic mass is 35.5. The highest BCUT2D eigenvalue weighted by Gasteiger charge is 2.16. The minimum Gasteiger partial charge on any atom is -0.381 e. The number of aromatic nitrogens is 1. The van der Waals surface area contributed by atoms with Crippen LogP contribution in [0.2, 0.25) is 4.47 Å². The number of hydrogen-bond acceptors (Lipinski definition) is 5. The van der Waals surface area contributed by atoms with Gasteiger partial charge in [-0.2, -0.15) is 0 Å². The fraction of sp³-hybridized carbons (Fsp3) is 0.700. The van der Waals surface area contributed by atoms with Gasteiger partial charge in [-0.3, -0.25) is 0 Å². The van der Waals surface area contributed by atoms with Gasteiger partial charge in [0.25, 0.3) is 10.0 Å². The van der Waals surface area contributed by atoms with Gasteiger partial charge < -0.3 is 4.74 Å². The molecule has 0 fully saturated rings. The Morgan fingerprint density at radius 1 is 1.44 bits per heavy atom. The maximum absolute atomic E-state index is 11.7. The van der Waals surface area contributed by atoms with E-state index in [-0.39, 0.29) is 8.68 Å². The van der Waals surface area contributed by atoms with Gasteiger partial charge in [-0.25, -0.2) is 18.1 Å². The second kappa shape index (κ2) is 8.06.